The summed E-state index contributed by atoms with van der Waals surface area (Å²) in [6.07, 6.45) is 2.12. The summed E-state index contributed by atoms with van der Waals surface area (Å²) in [5, 5.41) is 1.73. The maximum atomic E-state index is 11.7. The molecule has 0 aromatic heterocycles. The summed E-state index contributed by atoms with van der Waals surface area (Å²) in [6, 6.07) is 0. The van der Waals surface area contributed by atoms with Crippen LogP contribution in [0.2, 0.25) is 0 Å². The van der Waals surface area contributed by atoms with Gasteiger partial charge >= 0.3 is 11.9 Å². The summed E-state index contributed by atoms with van der Waals surface area (Å²) in [5.41, 5.74) is 0. The molecule has 0 fully saturated rings. The predicted molar refractivity (Wildman–Crippen MR) is 57.3 cm³/mol. The fourth-order valence-electron chi connectivity index (χ4n) is 1.27. The Hall–Kier alpha value is -0.970. The number of carbonyl (C=O) groups is 2. The summed E-state index contributed by atoms with van der Waals surface area (Å²) < 4.78 is 8.59. The Balaban J connectivity index is 2.79. The molecule has 0 N–H and O–H groups in total. The quantitative estimate of drug-likeness (QED) is 0.541. The second kappa shape index (κ2) is 5.21. The summed E-state index contributed by atoms with van der Waals surface area (Å²) in [6.45, 7) is 3.95. The third-order valence-electron chi connectivity index (χ3n) is 1.98. The largest absolute Gasteiger partial charge is 0.464 e. The van der Waals surface area contributed by atoms with Gasteiger partial charge in [-0.3, -0.25) is 0 Å². The van der Waals surface area contributed by atoms with Gasteiger partial charge < -0.3 is 9.47 Å². The van der Waals surface area contributed by atoms with Crippen LogP contribution in [-0.2, 0) is 19.1 Å². The van der Waals surface area contributed by atoms with Crippen LogP contribution < -0.4 is 0 Å². The molecule has 0 atom stereocenters. The van der Waals surface area contributed by atoms with Gasteiger partial charge in [-0.15, -0.1) is 11.8 Å². The minimum atomic E-state index is -1.20. The van der Waals surface area contributed by atoms with Crippen LogP contribution in [0.5, 0.6) is 0 Å². The Morgan fingerprint density at radius 1 is 1.27 bits per heavy atom. The first-order valence-electron chi connectivity index (χ1n) is 4.84. The van der Waals surface area contributed by atoms with Crippen molar-refractivity contribution in [3.63, 3.8) is 0 Å². The average molecular weight is 230 g/mol. The highest BCUT2D eigenvalue weighted by Gasteiger charge is 2.50. The number of allylic oxidation sites excluding steroid dienone is 1. The molecule has 0 bridgehead atoms. The second-order valence-electron chi connectivity index (χ2n) is 2.96. The summed E-state index contributed by atoms with van der Waals surface area (Å²) >= 11 is 1.16. The molecule has 0 saturated heterocycles. The normalized spacial score (nSPS) is 17.5. The average Bonchev–Trinajstić information content (AvgIpc) is 2.68. The highest BCUT2D eigenvalue weighted by Crippen LogP contribution is 2.38. The third-order valence-corrected chi connectivity index (χ3v) is 3.21. The highest BCUT2D eigenvalue weighted by molar-refractivity contribution is 8.05. The molecule has 1 rings (SSSR count). The lowest BCUT2D eigenvalue weighted by atomic mass is 10.1. The molecule has 0 saturated carbocycles. The van der Waals surface area contributed by atoms with Crippen molar-refractivity contribution in [2.45, 2.75) is 25.0 Å². The van der Waals surface area contributed by atoms with E-state index in [0.29, 0.717) is 6.42 Å². The molecule has 15 heavy (non-hydrogen) atoms. The minimum absolute atomic E-state index is 0.264. The van der Waals surface area contributed by atoms with E-state index < -0.39 is 16.7 Å². The van der Waals surface area contributed by atoms with Crippen LogP contribution in [0, 0.1) is 0 Å². The third kappa shape index (κ3) is 2.34. The van der Waals surface area contributed by atoms with E-state index in [1.165, 1.54) is 0 Å². The van der Waals surface area contributed by atoms with Gasteiger partial charge in [0.1, 0.15) is 0 Å². The first kappa shape index (κ1) is 12.1. The van der Waals surface area contributed by atoms with Gasteiger partial charge in [0, 0.05) is 6.42 Å². The lowest BCUT2D eigenvalue weighted by Crippen LogP contribution is -2.44. The number of ether oxygens (including phenoxy) is 2. The van der Waals surface area contributed by atoms with Gasteiger partial charge in [0.15, 0.2) is 0 Å². The molecule has 0 unspecified atom stereocenters. The SMILES string of the molecule is CCOC(=O)C1(C(=O)OCC)CC=CS1. The van der Waals surface area contributed by atoms with Crippen LogP contribution in [0.3, 0.4) is 0 Å². The van der Waals surface area contributed by atoms with Crippen molar-refractivity contribution in [3.8, 4) is 0 Å². The molecule has 84 valence electrons. The molecule has 0 spiro atoms. The molecule has 0 aromatic carbocycles. The zero-order valence-corrected chi connectivity index (χ0v) is 9.63. The van der Waals surface area contributed by atoms with Crippen LogP contribution in [0.15, 0.2) is 11.5 Å². The Kier molecular flexibility index (Phi) is 4.20. The number of hydrogen-bond donors (Lipinski definition) is 0. The van der Waals surface area contributed by atoms with Gasteiger partial charge in [-0.25, -0.2) is 9.59 Å². The van der Waals surface area contributed by atoms with Gasteiger partial charge in [0.05, 0.1) is 13.2 Å². The molecule has 4 nitrogen and oxygen atoms in total. The highest BCUT2D eigenvalue weighted by atomic mass is 32.2. The summed E-state index contributed by atoms with van der Waals surface area (Å²) in [4.78, 5) is 23.4. The summed E-state index contributed by atoms with van der Waals surface area (Å²) in [7, 11) is 0. The van der Waals surface area contributed by atoms with Crippen LogP contribution in [0.25, 0.3) is 0 Å². The number of esters is 2. The van der Waals surface area contributed by atoms with Crippen molar-refractivity contribution in [1.29, 1.82) is 0 Å². The van der Waals surface area contributed by atoms with E-state index in [4.69, 9.17) is 9.47 Å². The summed E-state index contributed by atoms with van der Waals surface area (Å²) in [5.74, 6) is -1.03. The molecule has 0 radical (unpaired) electrons. The van der Waals surface area contributed by atoms with Crippen molar-refractivity contribution in [1.82, 2.24) is 0 Å². The maximum absolute atomic E-state index is 11.7. The molecule has 5 heteroatoms. The van der Waals surface area contributed by atoms with E-state index >= 15 is 0 Å². The first-order chi connectivity index (χ1) is 7.17. The molecular weight excluding hydrogens is 216 g/mol. The second-order valence-corrected chi connectivity index (χ2v) is 4.17. The standard InChI is InChI=1S/C10H14O4S/c1-3-13-8(11)10(6-5-7-15-10)9(12)14-4-2/h5,7H,3-4,6H2,1-2H3. The molecular formula is C10H14O4S. The monoisotopic (exact) mass is 230 g/mol. The molecule has 1 aliphatic heterocycles. The van der Waals surface area contributed by atoms with E-state index in [0.717, 1.165) is 11.8 Å². The molecule has 1 heterocycles. The first-order valence-corrected chi connectivity index (χ1v) is 5.72. The fraction of sp³-hybridized carbons (Fsp3) is 0.600. The molecule has 0 amide bonds. The van der Waals surface area contributed by atoms with Crippen LogP contribution in [0.1, 0.15) is 20.3 Å². The Morgan fingerprint density at radius 2 is 1.80 bits per heavy atom. The Morgan fingerprint density at radius 3 is 2.13 bits per heavy atom. The number of carbonyl (C=O) groups excluding carboxylic acids is 2. The van der Waals surface area contributed by atoms with Gasteiger partial charge in [-0.2, -0.15) is 0 Å². The predicted octanol–water partition coefficient (Wildman–Crippen LogP) is 1.50. The number of rotatable bonds is 4. The maximum Gasteiger partial charge on any atom is 0.334 e. The lowest BCUT2D eigenvalue weighted by molar-refractivity contribution is -0.158. The topological polar surface area (TPSA) is 52.6 Å². The number of hydrogen-bond acceptors (Lipinski definition) is 5. The van der Waals surface area contributed by atoms with Crippen molar-refractivity contribution in [2.75, 3.05) is 13.2 Å². The van der Waals surface area contributed by atoms with Crippen LogP contribution >= 0.6 is 11.8 Å². The number of thioether (sulfide) groups is 1. The van der Waals surface area contributed by atoms with Gasteiger partial charge in [-0.1, -0.05) is 6.08 Å². The van der Waals surface area contributed by atoms with Gasteiger partial charge in [-0.05, 0) is 19.3 Å². The zero-order valence-electron chi connectivity index (χ0n) is 8.82. The van der Waals surface area contributed by atoms with Gasteiger partial charge in [0.2, 0.25) is 4.75 Å². The minimum Gasteiger partial charge on any atom is -0.464 e. The molecule has 0 aromatic rings. The van der Waals surface area contributed by atoms with E-state index in [2.05, 4.69) is 0 Å². The van der Waals surface area contributed by atoms with E-state index in [1.54, 1.807) is 25.3 Å². The van der Waals surface area contributed by atoms with Crippen LogP contribution in [-0.4, -0.2) is 29.9 Å². The van der Waals surface area contributed by atoms with E-state index in [9.17, 15) is 9.59 Å². The van der Waals surface area contributed by atoms with Gasteiger partial charge in [0.25, 0.3) is 0 Å². The Bertz CT molecular complexity index is 257. The van der Waals surface area contributed by atoms with E-state index in [-0.39, 0.29) is 13.2 Å². The lowest BCUT2D eigenvalue weighted by Gasteiger charge is -2.22. The van der Waals surface area contributed by atoms with Crippen molar-refractivity contribution < 1.29 is 19.1 Å². The smallest absolute Gasteiger partial charge is 0.334 e. The fourth-order valence-corrected chi connectivity index (χ4v) is 2.20. The Labute approximate surface area is 93.0 Å². The van der Waals surface area contributed by atoms with Crippen molar-refractivity contribution in [3.05, 3.63) is 11.5 Å². The van der Waals surface area contributed by atoms with Crippen molar-refractivity contribution >= 4 is 23.7 Å². The zero-order chi connectivity index (χ0) is 11.3. The molecule has 0 aliphatic carbocycles. The van der Waals surface area contributed by atoms with Crippen LogP contribution in [0.4, 0.5) is 0 Å². The van der Waals surface area contributed by atoms with Crippen molar-refractivity contribution in [2.24, 2.45) is 0 Å². The molecule has 1 aliphatic rings. The van der Waals surface area contributed by atoms with E-state index in [1.807, 2.05) is 0 Å².